The molecule has 0 heterocycles. The largest absolute Gasteiger partial charge is 0.258 e. The summed E-state index contributed by atoms with van der Waals surface area (Å²) in [6.45, 7) is 3.62. The summed E-state index contributed by atoms with van der Waals surface area (Å²) in [5.74, 6) is 0. The van der Waals surface area contributed by atoms with E-state index in [-0.39, 0.29) is 0 Å². The second kappa shape index (κ2) is 4.58. The van der Waals surface area contributed by atoms with Gasteiger partial charge in [0.25, 0.3) is 6.43 Å². The fourth-order valence-corrected chi connectivity index (χ4v) is 1.93. The van der Waals surface area contributed by atoms with Gasteiger partial charge < -0.3 is 0 Å². The van der Waals surface area contributed by atoms with Crippen LogP contribution in [0.2, 0.25) is 0 Å². The van der Waals surface area contributed by atoms with Crippen LogP contribution < -0.4 is 0 Å². The summed E-state index contributed by atoms with van der Waals surface area (Å²) < 4.78 is 25.7. The zero-order chi connectivity index (χ0) is 10.9. The number of hydrogen-bond donors (Lipinski definition) is 0. The second-order valence-electron chi connectivity index (χ2n) is 3.19. The monoisotopic (exact) mass is 282 g/mol. The van der Waals surface area contributed by atoms with Crippen LogP contribution >= 0.6 is 27.5 Å². The first kappa shape index (κ1) is 11.9. The highest BCUT2D eigenvalue weighted by atomic mass is 79.9. The number of rotatable bonds is 2. The van der Waals surface area contributed by atoms with Crippen LogP contribution in [0, 0.1) is 13.8 Å². The Kier molecular flexibility index (Phi) is 3.90. The predicted octanol–water partition coefficient (Wildman–Crippen LogP) is 4.61. The molecular formula is C10H10BrClF2. The molecule has 78 valence electrons. The molecule has 0 nitrogen and oxygen atoms in total. The lowest BCUT2D eigenvalue weighted by atomic mass is 10.0. The van der Waals surface area contributed by atoms with Crippen molar-refractivity contribution in [3.8, 4) is 0 Å². The molecule has 14 heavy (non-hydrogen) atoms. The summed E-state index contributed by atoms with van der Waals surface area (Å²) >= 11 is 8.94. The fourth-order valence-electron chi connectivity index (χ4n) is 1.24. The van der Waals surface area contributed by atoms with Gasteiger partial charge in [0.05, 0.1) is 0 Å². The first-order chi connectivity index (χ1) is 6.43. The molecule has 0 aliphatic carbocycles. The molecule has 0 bridgehead atoms. The lowest BCUT2D eigenvalue weighted by molar-refractivity contribution is 0.142. The van der Waals surface area contributed by atoms with Crippen LogP contribution in [0.25, 0.3) is 0 Å². The minimum absolute atomic E-state index is 0.502. The maximum Gasteiger partial charge on any atom is 0.258 e. The maximum absolute atomic E-state index is 12.4. The molecule has 1 aromatic rings. The molecule has 1 aromatic carbocycles. The summed E-state index contributed by atoms with van der Waals surface area (Å²) in [7, 11) is 0. The molecule has 0 spiro atoms. The summed E-state index contributed by atoms with van der Waals surface area (Å²) in [6, 6.07) is 3.51. The number of aryl methyl sites for hydroxylation is 2. The Morgan fingerprint density at radius 3 is 2.29 bits per heavy atom. The van der Waals surface area contributed by atoms with Crippen molar-refractivity contribution in [2.45, 2.75) is 25.7 Å². The van der Waals surface area contributed by atoms with E-state index in [1.165, 1.54) is 0 Å². The van der Waals surface area contributed by atoms with Crippen molar-refractivity contribution in [1.82, 2.24) is 0 Å². The Balaban J connectivity index is 3.15. The first-order valence-corrected chi connectivity index (χ1v) is 5.35. The molecule has 0 N–H and O–H groups in total. The van der Waals surface area contributed by atoms with Crippen molar-refractivity contribution < 1.29 is 8.78 Å². The average molecular weight is 284 g/mol. The van der Waals surface area contributed by atoms with E-state index >= 15 is 0 Å². The van der Waals surface area contributed by atoms with Gasteiger partial charge in [-0.15, -0.1) is 11.6 Å². The van der Waals surface area contributed by atoms with Gasteiger partial charge in [0.15, 0.2) is 0 Å². The first-order valence-electron chi connectivity index (χ1n) is 4.12. The van der Waals surface area contributed by atoms with Crippen LogP contribution in [-0.4, -0.2) is 6.43 Å². The van der Waals surface area contributed by atoms with E-state index in [9.17, 15) is 8.78 Å². The van der Waals surface area contributed by atoms with Gasteiger partial charge in [-0.1, -0.05) is 22.0 Å². The fraction of sp³-hybridized carbons (Fsp3) is 0.400. The van der Waals surface area contributed by atoms with Crippen molar-refractivity contribution in [1.29, 1.82) is 0 Å². The van der Waals surface area contributed by atoms with E-state index < -0.39 is 11.8 Å². The van der Waals surface area contributed by atoms with Gasteiger partial charge in [0, 0.05) is 4.47 Å². The Morgan fingerprint density at radius 1 is 1.21 bits per heavy atom. The molecule has 0 saturated heterocycles. The number of alkyl halides is 3. The van der Waals surface area contributed by atoms with Crippen molar-refractivity contribution in [2.75, 3.05) is 0 Å². The third kappa shape index (κ3) is 2.45. The van der Waals surface area contributed by atoms with Crippen molar-refractivity contribution in [2.24, 2.45) is 0 Å². The van der Waals surface area contributed by atoms with Crippen LogP contribution in [0.1, 0.15) is 22.1 Å². The standard InChI is InChI=1S/C10H10BrClF2/c1-5-4-8(11)6(2)3-7(5)9(12)10(13)14/h3-4,9-10H,1-2H3. The number of benzene rings is 1. The molecule has 0 saturated carbocycles. The quantitative estimate of drug-likeness (QED) is 0.695. The molecule has 1 unspecified atom stereocenters. The van der Waals surface area contributed by atoms with E-state index in [4.69, 9.17) is 11.6 Å². The minimum Gasteiger partial charge on any atom is -0.208 e. The molecular weight excluding hydrogens is 273 g/mol. The third-order valence-electron chi connectivity index (χ3n) is 2.07. The summed E-state index contributed by atoms with van der Waals surface area (Å²) in [6.07, 6.45) is -2.53. The van der Waals surface area contributed by atoms with Gasteiger partial charge in [-0.2, -0.15) is 0 Å². The summed E-state index contributed by atoms with van der Waals surface area (Å²) in [5, 5.41) is -1.22. The normalized spacial score (nSPS) is 13.4. The Bertz CT molecular complexity index is 339. The van der Waals surface area contributed by atoms with E-state index in [2.05, 4.69) is 15.9 Å². The van der Waals surface area contributed by atoms with Gasteiger partial charge in [-0.05, 0) is 36.6 Å². The highest BCUT2D eigenvalue weighted by Gasteiger charge is 2.21. The zero-order valence-electron chi connectivity index (χ0n) is 7.82. The summed E-state index contributed by atoms with van der Waals surface area (Å²) in [5.41, 5.74) is 2.20. The number of hydrogen-bond acceptors (Lipinski definition) is 0. The Morgan fingerprint density at radius 2 is 1.79 bits per heavy atom. The molecule has 0 radical (unpaired) electrons. The van der Waals surface area contributed by atoms with Crippen molar-refractivity contribution in [3.63, 3.8) is 0 Å². The van der Waals surface area contributed by atoms with E-state index in [0.717, 1.165) is 15.6 Å². The Labute approximate surface area is 95.4 Å². The van der Waals surface area contributed by atoms with Crippen LogP contribution in [0.4, 0.5) is 8.78 Å². The average Bonchev–Trinajstić information content (AvgIpc) is 2.10. The van der Waals surface area contributed by atoms with Crippen molar-refractivity contribution >= 4 is 27.5 Å². The van der Waals surface area contributed by atoms with Gasteiger partial charge >= 0.3 is 0 Å². The lowest BCUT2D eigenvalue weighted by Gasteiger charge is -2.13. The van der Waals surface area contributed by atoms with E-state index in [0.29, 0.717) is 5.56 Å². The molecule has 0 fully saturated rings. The predicted molar refractivity (Wildman–Crippen MR) is 58.2 cm³/mol. The maximum atomic E-state index is 12.4. The molecule has 4 heteroatoms. The molecule has 1 atom stereocenters. The van der Waals surface area contributed by atoms with Gasteiger partial charge in [-0.3, -0.25) is 0 Å². The van der Waals surface area contributed by atoms with E-state index in [1.807, 2.05) is 13.0 Å². The van der Waals surface area contributed by atoms with Crippen LogP contribution in [0.3, 0.4) is 0 Å². The minimum atomic E-state index is -2.53. The molecule has 0 aliphatic heterocycles. The molecule has 0 amide bonds. The van der Waals surface area contributed by atoms with Gasteiger partial charge in [-0.25, -0.2) is 8.78 Å². The lowest BCUT2D eigenvalue weighted by Crippen LogP contribution is -2.04. The van der Waals surface area contributed by atoms with Crippen LogP contribution in [0.5, 0.6) is 0 Å². The highest BCUT2D eigenvalue weighted by Crippen LogP contribution is 2.32. The molecule has 0 aliphatic rings. The third-order valence-corrected chi connectivity index (χ3v) is 3.35. The number of halogens is 4. The molecule has 0 aromatic heterocycles. The highest BCUT2D eigenvalue weighted by molar-refractivity contribution is 9.10. The zero-order valence-corrected chi connectivity index (χ0v) is 10.2. The smallest absolute Gasteiger partial charge is 0.208 e. The van der Waals surface area contributed by atoms with Gasteiger partial charge in [0.1, 0.15) is 5.38 Å². The summed E-state index contributed by atoms with van der Waals surface area (Å²) in [4.78, 5) is 0. The van der Waals surface area contributed by atoms with Crippen molar-refractivity contribution in [3.05, 3.63) is 33.3 Å². The Hall–Kier alpha value is -0.150. The molecule has 1 rings (SSSR count). The topological polar surface area (TPSA) is 0 Å². The van der Waals surface area contributed by atoms with Crippen LogP contribution in [-0.2, 0) is 0 Å². The SMILES string of the molecule is Cc1cc(C(Cl)C(F)F)c(C)cc1Br. The second-order valence-corrected chi connectivity index (χ2v) is 4.52. The van der Waals surface area contributed by atoms with Gasteiger partial charge in [0.2, 0.25) is 0 Å². The van der Waals surface area contributed by atoms with E-state index in [1.54, 1.807) is 13.0 Å². The van der Waals surface area contributed by atoms with Crippen LogP contribution in [0.15, 0.2) is 16.6 Å².